The molecule has 1 saturated heterocycles. The number of benzene rings is 1. The zero-order chi connectivity index (χ0) is 20.4. The van der Waals surface area contributed by atoms with Gasteiger partial charge < -0.3 is 10.1 Å². The van der Waals surface area contributed by atoms with Crippen LogP contribution < -0.4 is 5.32 Å². The van der Waals surface area contributed by atoms with Gasteiger partial charge in [-0.25, -0.2) is 4.79 Å². The van der Waals surface area contributed by atoms with Crippen molar-refractivity contribution in [2.24, 2.45) is 11.8 Å². The van der Waals surface area contributed by atoms with E-state index in [1.807, 2.05) is 0 Å². The van der Waals surface area contributed by atoms with Gasteiger partial charge in [0.1, 0.15) is 6.04 Å². The van der Waals surface area contributed by atoms with Gasteiger partial charge in [0.2, 0.25) is 11.8 Å². The van der Waals surface area contributed by atoms with E-state index in [9.17, 15) is 19.2 Å². The van der Waals surface area contributed by atoms with Crippen LogP contribution in [0.2, 0.25) is 5.02 Å². The Bertz CT molecular complexity index is 801. The Morgan fingerprint density at radius 2 is 1.82 bits per heavy atom. The molecule has 3 amide bonds. The van der Waals surface area contributed by atoms with Crippen molar-refractivity contribution in [3.05, 3.63) is 28.8 Å². The van der Waals surface area contributed by atoms with Gasteiger partial charge in [-0.2, -0.15) is 0 Å². The smallest absolute Gasteiger partial charge is 0.329 e. The number of esters is 1. The number of halogens is 1. The van der Waals surface area contributed by atoms with E-state index in [0.29, 0.717) is 23.6 Å². The predicted molar refractivity (Wildman–Crippen MR) is 103 cm³/mol. The number of hydrogen-bond donors (Lipinski definition) is 1. The lowest BCUT2D eigenvalue weighted by molar-refractivity contribution is -0.159. The highest BCUT2D eigenvalue weighted by Crippen LogP contribution is 2.38. The molecular weight excluding hydrogens is 384 g/mol. The fraction of sp³-hybridized carbons (Fsp3) is 0.500. The lowest BCUT2D eigenvalue weighted by atomic mass is 9.81. The average molecular weight is 407 g/mol. The van der Waals surface area contributed by atoms with Gasteiger partial charge in [0.25, 0.3) is 5.91 Å². The number of hydrogen-bond acceptors (Lipinski definition) is 5. The first-order valence-corrected chi connectivity index (χ1v) is 9.77. The lowest BCUT2D eigenvalue weighted by Gasteiger charge is -2.21. The van der Waals surface area contributed by atoms with E-state index in [-0.39, 0.29) is 23.7 Å². The highest BCUT2D eigenvalue weighted by molar-refractivity contribution is 6.30. The topological polar surface area (TPSA) is 92.8 Å². The molecule has 150 valence electrons. The van der Waals surface area contributed by atoms with E-state index in [1.165, 1.54) is 6.92 Å². The van der Waals surface area contributed by atoms with Crippen molar-refractivity contribution in [3.63, 3.8) is 0 Å². The number of likely N-dealkylation sites (tertiary alicyclic amines) is 1. The number of carbonyl (C=O) groups is 4. The summed E-state index contributed by atoms with van der Waals surface area (Å²) in [5.41, 5.74) is 1.34. The molecule has 7 nitrogen and oxygen atoms in total. The molecule has 28 heavy (non-hydrogen) atoms. The summed E-state index contributed by atoms with van der Waals surface area (Å²) in [6.45, 7) is 2.74. The Morgan fingerprint density at radius 1 is 1.21 bits per heavy atom. The third-order valence-electron chi connectivity index (χ3n) is 5.41. The number of carbonyl (C=O) groups excluding carboxylic acids is 4. The van der Waals surface area contributed by atoms with E-state index < -0.39 is 24.5 Å². The molecule has 0 unspecified atom stereocenters. The third kappa shape index (κ3) is 4.04. The largest absolute Gasteiger partial charge is 0.454 e. The molecule has 0 bridgehead atoms. The molecule has 0 aromatic heterocycles. The van der Waals surface area contributed by atoms with E-state index >= 15 is 0 Å². The summed E-state index contributed by atoms with van der Waals surface area (Å²) in [5, 5.41) is 3.19. The van der Waals surface area contributed by atoms with Crippen LogP contribution in [0.5, 0.6) is 0 Å². The third-order valence-corrected chi connectivity index (χ3v) is 5.65. The number of nitrogens with one attached hydrogen (secondary N) is 1. The number of rotatable bonds is 5. The first kappa shape index (κ1) is 20.3. The van der Waals surface area contributed by atoms with Gasteiger partial charge in [-0.1, -0.05) is 24.4 Å². The van der Waals surface area contributed by atoms with Crippen LogP contribution in [0.15, 0.2) is 18.2 Å². The van der Waals surface area contributed by atoms with Crippen molar-refractivity contribution in [1.29, 1.82) is 0 Å². The van der Waals surface area contributed by atoms with Crippen LogP contribution in [-0.4, -0.2) is 41.2 Å². The predicted octanol–water partition coefficient (Wildman–Crippen LogP) is 2.69. The molecule has 3 rings (SSSR count). The minimum Gasteiger partial charge on any atom is -0.454 e. The average Bonchev–Trinajstić information content (AvgIpc) is 2.92. The number of ether oxygens (including phenoxy) is 1. The zero-order valence-electron chi connectivity index (χ0n) is 15.9. The van der Waals surface area contributed by atoms with E-state index in [4.69, 9.17) is 16.3 Å². The number of fused-ring (bicyclic) bond motifs is 1. The van der Waals surface area contributed by atoms with Crippen molar-refractivity contribution in [1.82, 2.24) is 4.90 Å². The molecule has 1 aromatic rings. The second-order valence-corrected chi connectivity index (χ2v) is 7.77. The summed E-state index contributed by atoms with van der Waals surface area (Å²) in [4.78, 5) is 50.5. The van der Waals surface area contributed by atoms with Crippen LogP contribution in [0, 0.1) is 18.8 Å². The Kier molecular flexibility index (Phi) is 6.03. The van der Waals surface area contributed by atoms with Crippen LogP contribution in [0.3, 0.4) is 0 Å². The second-order valence-electron chi connectivity index (χ2n) is 7.34. The quantitative estimate of drug-likeness (QED) is 0.599. The maximum atomic E-state index is 12.5. The SMILES string of the molecule is Cc1cc(Cl)ccc1NC(=O)COC(=O)[C@H](C)N1C(=O)[C@H]2CCCC[C@H]2C1=O. The molecule has 1 heterocycles. The molecule has 1 N–H and O–H groups in total. The molecule has 1 aliphatic heterocycles. The minimum absolute atomic E-state index is 0.305. The van der Waals surface area contributed by atoms with Crippen LogP contribution in [0.1, 0.15) is 38.2 Å². The molecule has 0 radical (unpaired) electrons. The highest BCUT2D eigenvalue weighted by atomic mass is 35.5. The maximum absolute atomic E-state index is 12.5. The first-order valence-electron chi connectivity index (χ1n) is 9.39. The summed E-state index contributed by atoms with van der Waals surface area (Å²) >= 11 is 5.88. The summed E-state index contributed by atoms with van der Waals surface area (Å²) in [7, 11) is 0. The van der Waals surface area contributed by atoms with Crippen molar-refractivity contribution < 1.29 is 23.9 Å². The van der Waals surface area contributed by atoms with Crippen LogP contribution in [-0.2, 0) is 23.9 Å². The lowest BCUT2D eigenvalue weighted by Crippen LogP contribution is -2.45. The summed E-state index contributed by atoms with van der Waals surface area (Å²) in [6.07, 6.45) is 3.18. The molecule has 3 atom stereocenters. The van der Waals surface area contributed by atoms with E-state index in [1.54, 1.807) is 25.1 Å². The van der Waals surface area contributed by atoms with Gasteiger partial charge in [-0.15, -0.1) is 0 Å². The highest BCUT2D eigenvalue weighted by Gasteiger charge is 2.51. The molecule has 2 aliphatic rings. The summed E-state index contributed by atoms with van der Waals surface area (Å²) in [6, 6.07) is 3.96. The van der Waals surface area contributed by atoms with Crippen molar-refractivity contribution >= 4 is 41.0 Å². The Labute approximate surface area is 168 Å². The molecule has 0 spiro atoms. The Morgan fingerprint density at radius 3 is 2.39 bits per heavy atom. The monoisotopic (exact) mass is 406 g/mol. The van der Waals surface area contributed by atoms with Gasteiger partial charge in [-0.3, -0.25) is 19.3 Å². The van der Waals surface area contributed by atoms with E-state index in [0.717, 1.165) is 23.3 Å². The van der Waals surface area contributed by atoms with Gasteiger partial charge in [-0.05, 0) is 50.5 Å². The number of imide groups is 1. The fourth-order valence-corrected chi connectivity index (χ4v) is 4.11. The van der Waals surface area contributed by atoms with Gasteiger partial charge in [0, 0.05) is 10.7 Å². The maximum Gasteiger partial charge on any atom is 0.329 e. The van der Waals surface area contributed by atoms with Crippen molar-refractivity contribution in [2.45, 2.75) is 45.6 Å². The first-order chi connectivity index (χ1) is 13.3. The molecular formula is C20H23ClN2O5. The normalized spacial score (nSPS) is 22.6. The van der Waals surface area contributed by atoms with Crippen LogP contribution in [0.25, 0.3) is 0 Å². The van der Waals surface area contributed by atoms with Crippen LogP contribution in [0.4, 0.5) is 5.69 Å². The van der Waals surface area contributed by atoms with Crippen molar-refractivity contribution in [3.8, 4) is 0 Å². The van der Waals surface area contributed by atoms with Crippen molar-refractivity contribution in [2.75, 3.05) is 11.9 Å². The Balaban J connectivity index is 1.56. The second kappa shape index (κ2) is 8.31. The number of nitrogens with zero attached hydrogens (tertiary/aromatic N) is 1. The minimum atomic E-state index is -1.05. The number of anilines is 1. The van der Waals surface area contributed by atoms with Gasteiger partial charge in [0.15, 0.2) is 6.61 Å². The standard InChI is InChI=1S/C20H23ClN2O5/c1-11-9-13(21)7-8-16(11)22-17(24)10-28-20(27)12(2)23-18(25)14-5-3-4-6-15(14)19(23)26/h7-9,12,14-15H,3-6,10H2,1-2H3,(H,22,24)/t12-,14-,15+/m0/s1. The zero-order valence-corrected chi connectivity index (χ0v) is 16.6. The van der Waals surface area contributed by atoms with E-state index in [2.05, 4.69) is 5.32 Å². The van der Waals surface area contributed by atoms with Gasteiger partial charge >= 0.3 is 5.97 Å². The summed E-state index contributed by atoms with van der Waals surface area (Å²) in [5.74, 6) is -2.55. The fourth-order valence-electron chi connectivity index (χ4n) is 3.89. The van der Waals surface area contributed by atoms with Crippen LogP contribution >= 0.6 is 11.6 Å². The molecule has 1 saturated carbocycles. The molecule has 1 aliphatic carbocycles. The molecule has 2 fully saturated rings. The molecule has 8 heteroatoms. The number of amides is 3. The Hall–Kier alpha value is -2.41. The van der Waals surface area contributed by atoms with Gasteiger partial charge in [0.05, 0.1) is 11.8 Å². The molecule has 1 aromatic carbocycles. The number of aryl methyl sites for hydroxylation is 1. The summed E-state index contributed by atoms with van der Waals surface area (Å²) < 4.78 is 5.04.